The highest BCUT2D eigenvalue weighted by Crippen LogP contribution is 2.32. The van der Waals surface area contributed by atoms with Crippen LogP contribution in [0.15, 0.2) is 35.8 Å². The number of pyridine rings is 1. The van der Waals surface area contributed by atoms with E-state index >= 15 is 0 Å². The van der Waals surface area contributed by atoms with Crippen LogP contribution in [0.3, 0.4) is 0 Å². The standard InChI is InChI=1S/C18H19N5O2S/c1-13-20-14(12-26-13)11-21-7-9-22(10-8-21)17-5-4-16(23(24)25)15-3-2-6-19-18(15)17/h2-6,12H,7-11H2,1H3. The predicted octanol–water partition coefficient (Wildman–Crippen LogP) is 3.23. The third-order valence-electron chi connectivity index (χ3n) is 4.69. The second-order valence-corrected chi connectivity index (χ2v) is 7.44. The summed E-state index contributed by atoms with van der Waals surface area (Å²) in [4.78, 5) is 24.5. The third kappa shape index (κ3) is 3.25. The molecule has 1 fully saturated rings. The zero-order valence-electron chi connectivity index (χ0n) is 14.5. The number of fused-ring (bicyclic) bond motifs is 1. The van der Waals surface area contributed by atoms with Gasteiger partial charge in [0.2, 0.25) is 0 Å². The lowest BCUT2D eigenvalue weighted by atomic mass is 10.1. The van der Waals surface area contributed by atoms with Gasteiger partial charge in [0, 0.05) is 50.4 Å². The van der Waals surface area contributed by atoms with E-state index in [9.17, 15) is 10.1 Å². The van der Waals surface area contributed by atoms with Crippen LogP contribution in [-0.4, -0.2) is 46.0 Å². The van der Waals surface area contributed by atoms with E-state index in [0.29, 0.717) is 10.9 Å². The summed E-state index contributed by atoms with van der Waals surface area (Å²) in [6.07, 6.45) is 1.69. The molecule has 4 rings (SSSR count). The predicted molar refractivity (Wildman–Crippen MR) is 103 cm³/mol. The molecule has 8 heteroatoms. The van der Waals surface area contributed by atoms with Gasteiger partial charge in [-0.2, -0.15) is 0 Å². The first-order valence-electron chi connectivity index (χ1n) is 8.52. The topological polar surface area (TPSA) is 75.4 Å². The number of hydrogen-bond acceptors (Lipinski definition) is 7. The van der Waals surface area contributed by atoms with Gasteiger partial charge in [0.25, 0.3) is 5.69 Å². The van der Waals surface area contributed by atoms with Gasteiger partial charge in [-0.25, -0.2) is 4.98 Å². The molecule has 0 unspecified atom stereocenters. The fourth-order valence-electron chi connectivity index (χ4n) is 3.41. The minimum Gasteiger partial charge on any atom is -0.367 e. The van der Waals surface area contributed by atoms with Crippen molar-refractivity contribution in [1.82, 2.24) is 14.9 Å². The van der Waals surface area contributed by atoms with Crippen LogP contribution in [0.2, 0.25) is 0 Å². The van der Waals surface area contributed by atoms with Crippen LogP contribution in [0.25, 0.3) is 10.9 Å². The Morgan fingerprint density at radius 3 is 2.73 bits per heavy atom. The molecule has 1 aromatic carbocycles. The zero-order chi connectivity index (χ0) is 18.1. The zero-order valence-corrected chi connectivity index (χ0v) is 15.3. The fourth-order valence-corrected chi connectivity index (χ4v) is 4.02. The molecule has 26 heavy (non-hydrogen) atoms. The number of rotatable bonds is 4. The SMILES string of the molecule is Cc1nc(CN2CCN(c3ccc([N+](=O)[O-])c4cccnc34)CC2)cs1. The van der Waals surface area contributed by atoms with E-state index in [2.05, 4.69) is 25.1 Å². The number of nitro benzene ring substituents is 1. The summed E-state index contributed by atoms with van der Waals surface area (Å²) in [5.74, 6) is 0. The quantitative estimate of drug-likeness (QED) is 0.519. The van der Waals surface area contributed by atoms with Crippen molar-refractivity contribution in [1.29, 1.82) is 0 Å². The summed E-state index contributed by atoms with van der Waals surface area (Å²) in [6.45, 7) is 6.50. The van der Waals surface area contributed by atoms with E-state index in [1.165, 1.54) is 0 Å². The number of nitro groups is 1. The second-order valence-electron chi connectivity index (χ2n) is 6.38. The lowest BCUT2D eigenvalue weighted by Gasteiger charge is -2.36. The summed E-state index contributed by atoms with van der Waals surface area (Å²) < 4.78 is 0. The van der Waals surface area contributed by atoms with Gasteiger partial charge in [-0.05, 0) is 25.1 Å². The minimum absolute atomic E-state index is 0.106. The van der Waals surface area contributed by atoms with Crippen molar-refractivity contribution in [2.45, 2.75) is 13.5 Å². The van der Waals surface area contributed by atoms with Crippen molar-refractivity contribution in [3.63, 3.8) is 0 Å². The van der Waals surface area contributed by atoms with Crippen LogP contribution in [0, 0.1) is 17.0 Å². The van der Waals surface area contributed by atoms with E-state index in [0.717, 1.165) is 49.1 Å². The van der Waals surface area contributed by atoms with E-state index in [1.807, 2.05) is 13.0 Å². The Hall–Kier alpha value is -2.58. The highest BCUT2D eigenvalue weighted by molar-refractivity contribution is 7.09. The Balaban J connectivity index is 1.53. The van der Waals surface area contributed by atoms with E-state index in [-0.39, 0.29) is 10.6 Å². The van der Waals surface area contributed by atoms with Crippen LogP contribution in [0.5, 0.6) is 0 Å². The van der Waals surface area contributed by atoms with Crippen LogP contribution < -0.4 is 4.90 Å². The first-order valence-corrected chi connectivity index (χ1v) is 9.40. The van der Waals surface area contributed by atoms with E-state index < -0.39 is 0 Å². The Bertz CT molecular complexity index is 950. The molecule has 1 aliphatic rings. The van der Waals surface area contributed by atoms with E-state index in [1.54, 1.807) is 35.7 Å². The summed E-state index contributed by atoms with van der Waals surface area (Å²) in [5, 5.41) is 15.1. The summed E-state index contributed by atoms with van der Waals surface area (Å²) in [5.41, 5.74) is 2.90. The van der Waals surface area contributed by atoms with Crippen LogP contribution in [0.4, 0.5) is 11.4 Å². The highest BCUT2D eigenvalue weighted by Gasteiger charge is 2.22. The number of benzene rings is 1. The van der Waals surface area contributed by atoms with Gasteiger partial charge in [-0.3, -0.25) is 20.0 Å². The van der Waals surface area contributed by atoms with Gasteiger partial charge in [0.15, 0.2) is 0 Å². The highest BCUT2D eigenvalue weighted by atomic mass is 32.1. The first kappa shape index (κ1) is 16.9. The van der Waals surface area contributed by atoms with Crippen molar-refractivity contribution in [2.75, 3.05) is 31.1 Å². The molecule has 0 bridgehead atoms. The van der Waals surface area contributed by atoms with Gasteiger partial charge in [-0.1, -0.05) is 0 Å². The Labute approximate surface area is 155 Å². The summed E-state index contributed by atoms with van der Waals surface area (Å²) >= 11 is 1.68. The molecule has 0 N–H and O–H groups in total. The maximum atomic E-state index is 11.3. The molecular weight excluding hydrogens is 350 g/mol. The van der Waals surface area contributed by atoms with Gasteiger partial charge in [-0.15, -0.1) is 11.3 Å². The molecule has 0 radical (unpaired) electrons. The van der Waals surface area contributed by atoms with Gasteiger partial charge in [0.1, 0.15) is 5.52 Å². The molecule has 0 atom stereocenters. The summed E-state index contributed by atoms with van der Waals surface area (Å²) in [7, 11) is 0. The molecule has 3 aromatic rings. The largest absolute Gasteiger partial charge is 0.367 e. The fraction of sp³-hybridized carbons (Fsp3) is 0.333. The average Bonchev–Trinajstić information content (AvgIpc) is 3.06. The van der Waals surface area contributed by atoms with Crippen molar-refractivity contribution in [3.05, 3.63) is 56.7 Å². The third-order valence-corrected chi connectivity index (χ3v) is 5.51. The number of aryl methyl sites for hydroxylation is 1. The molecule has 2 aromatic heterocycles. The molecule has 134 valence electrons. The number of anilines is 1. The number of aromatic nitrogens is 2. The normalized spacial score (nSPS) is 15.5. The Morgan fingerprint density at radius 1 is 1.23 bits per heavy atom. The molecule has 7 nitrogen and oxygen atoms in total. The lowest BCUT2D eigenvalue weighted by molar-refractivity contribution is -0.383. The lowest BCUT2D eigenvalue weighted by Crippen LogP contribution is -2.46. The van der Waals surface area contributed by atoms with E-state index in [4.69, 9.17) is 0 Å². The molecule has 0 saturated carbocycles. The van der Waals surface area contributed by atoms with Crippen molar-refractivity contribution in [2.24, 2.45) is 0 Å². The van der Waals surface area contributed by atoms with Crippen molar-refractivity contribution >= 4 is 33.6 Å². The van der Waals surface area contributed by atoms with Gasteiger partial charge >= 0.3 is 0 Å². The maximum Gasteiger partial charge on any atom is 0.278 e. The molecule has 1 saturated heterocycles. The molecule has 0 amide bonds. The molecular formula is C18H19N5O2S. The minimum atomic E-state index is -0.346. The van der Waals surface area contributed by atoms with Crippen molar-refractivity contribution < 1.29 is 4.92 Å². The second kappa shape index (κ2) is 6.97. The molecule has 0 aliphatic carbocycles. The van der Waals surface area contributed by atoms with Crippen LogP contribution >= 0.6 is 11.3 Å². The monoisotopic (exact) mass is 369 g/mol. The van der Waals surface area contributed by atoms with Crippen LogP contribution in [-0.2, 0) is 6.54 Å². The maximum absolute atomic E-state index is 11.3. The number of non-ortho nitro benzene ring substituents is 1. The number of hydrogen-bond donors (Lipinski definition) is 0. The number of nitrogens with zero attached hydrogens (tertiary/aromatic N) is 5. The summed E-state index contributed by atoms with van der Waals surface area (Å²) in [6, 6.07) is 6.92. The molecule has 1 aliphatic heterocycles. The number of piperazine rings is 1. The van der Waals surface area contributed by atoms with Gasteiger partial charge < -0.3 is 4.90 Å². The van der Waals surface area contributed by atoms with Crippen LogP contribution in [0.1, 0.15) is 10.7 Å². The molecule has 0 spiro atoms. The Morgan fingerprint density at radius 2 is 2.04 bits per heavy atom. The van der Waals surface area contributed by atoms with Crippen molar-refractivity contribution in [3.8, 4) is 0 Å². The first-order chi connectivity index (χ1) is 12.6. The Kier molecular flexibility index (Phi) is 4.52. The smallest absolute Gasteiger partial charge is 0.278 e. The number of thiazole rings is 1. The molecule has 3 heterocycles. The van der Waals surface area contributed by atoms with Gasteiger partial charge in [0.05, 0.1) is 26.7 Å². The average molecular weight is 369 g/mol.